The van der Waals surface area contributed by atoms with Crippen LogP contribution in [0, 0.1) is 0 Å². The number of nitrogens with zero attached hydrogens (tertiary/aromatic N) is 2. The van der Waals surface area contributed by atoms with Crippen LogP contribution in [0.5, 0.6) is 0 Å². The molecule has 0 fully saturated rings. The van der Waals surface area contributed by atoms with E-state index in [1.165, 1.54) is 0 Å². The van der Waals surface area contributed by atoms with Crippen LogP contribution in [0.1, 0.15) is 25.8 Å². The lowest BCUT2D eigenvalue weighted by atomic mass is 10.2. The third-order valence-electron chi connectivity index (χ3n) is 2.76. The first-order valence-corrected chi connectivity index (χ1v) is 7.84. The zero-order valence-electron chi connectivity index (χ0n) is 13.3. The average Bonchev–Trinajstić information content (AvgIpc) is 2.49. The highest BCUT2D eigenvalue weighted by Crippen LogP contribution is 2.05. The monoisotopic (exact) mass is 440 g/mol. The Morgan fingerprint density at radius 1 is 1.32 bits per heavy atom. The number of halogens is 2. The first-order valence-electron chi connectivity index (χ1n) is 7.46. The van der Waals surface area contributed by atoms with E-state index >= 15 is 0 Å². The molecule has 0 amide bonds. The molecule has 0 unspecified atom stereocenters. The van der Waals surface area contributed by atoms with Gasteiger partial charge in [0.2, 0.25) is 0 Å². The Morgan fingerprint density at radius 3 is 2.77 bits per heavy atom. The fourth-order valence-electron chi connectivity index (χ4n) is 1.72. The van der Waals surface area contributed by atoms with Crippen LogP contribution in [0.15, 0.2) is 23.3 Å². The summed E-state index contributed by atoms with van der Waals surface area (Å²) in [4.78, 5) is 8.58. The molecule has 0 saturated heterocycles. The fraction of sp³-hybridized carbons (Fsp3) is 0.600. The number of nitrogens with one attached hydrogen (secondary N) is 2. The van der Waals surface area contributed by atoms with E-state index in [1.54, 1.807) is 6.20 Å². The highest BCUT2D eigenvalue weighted by molar-refractivity contribution is 14.0. The Labute approximate surface area is 155 Å². The van der Waals surface area contributed by atoms with Crippen LogP contribution in [-0.2, 0) is 11.2 Å². The van der Waals surface area contributed by atoms with Gasteiger partial charge < -0.3 is 15.4 Å². The number of aliphatic imine (C=N–C) groups is 1. The van der Waals surface area contributed by atoms with Gasteiger partial charge in [-0.25, -0.2) is 4.98 Å². The van der Waals surface area contributed by atoms with Gasteiger partial charge in [-0.2, -0.15) is 0 Å². The molecule has 1 aromatic heterocycles. The molecule has 0 aliphatic carbocycles. The third kappa shape index (κ3) is 10.2. The molecule has 7 heteroatoms. The van der Waals surface area contributed by atoms with Gasteiger partial charge in [-0.3, -0.25) is 4.99 Å². The van der Waals surface area contributed by atoms with Crippen molar-refractivity contribution in [3.8, 4) is 0 Å². The van der Waals surface area contributed by atoms with Crippen molar-refractivity contribution in [3.63, 3.8) is 0 Å². The van der Waals surface area contributed by atoms with Crippen molar-refractivity contribution in [2.75, 3.05) is 32.8 Å². The van der Waals surface area contributed by atoms with Gasteiger partial charge in [0.1, 0.15) is 5.15 Å². The topological polar surface area (TPSA) is 58.5 Å². The minimum atomic E-state index is 0. The minimum absolute atomic E-state index is 0. The number of hydrogen-bond acceptors (Lipinski definition) is 3. The first-order chi connectivity index (χ1) is 10.3. The number of aromatic nitrogens is 1. The molecule has 5 nitrogen and oxygen atoms in total. The van der Waals surface area contributed by atoms with Gasteiger partial charge in [-0.05, 0) is 38.3 Å². The first kappa shape index (κ1) is 21.4. The largest absolute Gasteiger partial charge is 0.382 e. The molecular weight excluding hydrogens is 415 g/mol. The molecule has 0 spiro atoms. The van der Waals surface area contributed by atoms with E-state index in [0.29, 0.717) is 5.15 Å². The number of pyridine rings is 1. The minimum Gasteiger partial charge on any atom is -0.382 e. The molecule has 22 heavy (non-hydrogen) atoms. The van der Waals surface area contributed by atoms with Crippen LogP contribution in [0.2, 0.25) is 5.15 Å². The zero-order chi connectivity index (χ0) is 15.3. The summed E-state index contributed by atoms with van der Waals surface area (Å²) in [5.74, 6) is 0.843. The number of rotatable bonds is 9. The molecule has 2 N–H and O–H groups in total. The van der Waals surface area contributed by atoms with Crippen LogP contribution >= 0.6 is 35.6 Å². The van der Waals surface area contributed by atoms with Gasteiger partial charge in [-0.1, -0.05) is 17.7 Å². The fourth-order valence-corrected chi connectivity index (χ4v) is 1.83. The van der Waals surface area contributed by atoms with Crippen molar-refractivity contribution in [1.29, 1.82) is 0 Å². The van der Waals surface area contributed by atoms with Crippen molar-refractivity contribution >= 4 is 41.5 Å². The van der Waals surface area contributed by atoms with Crippen LogP contribution in [0.3, 0.4) is 0 Å². The quantitative estimate of drug-likeness (QED) is 0.204. The lowest BCUT2D eigenvalue weighted by molar-refractivity contribution is 0.146. The van der Waals surface area contributed by atoms with Crippen LogP contribution < -0.4 is 10.6 Å². The van der Waals surface area contributed by atoms with Gasteiger partial charge in [0, 0.05) is 39.0 Å². The predicted molar refractivity (Wildman–Crippen MR) is 103 cm³/mol. The summed E-state index contributed by atoms with van der Waals surface area (Å²) in [6.45, 7) is 7.99. The van der Waals surface area contributed by atoms with Crippen LogP contribution in [0.4, 0.5) is 0 Å². The summed E-state index contributed by atoms with van der Waals surface area (Å²) in [5.41, 5.74) is 1.15. The Balaban J connectivity index is 0.00000441. The standard InChI is InChI=1S/C15H25ClN4O.HI/c1-3-17-15(18-9-5-11-21-4-2)19-10-8-13-6-7-14(16)20-12-13;/h6-7,12H,3-5,8-11H2,1-2H3,(H2,17,18,19);1H. The van der Waals surface area contributed by atoms with E-state index in [-0.39, 0.29) is 24.0 Å². The van der Waals surface area contributed by atoms with E-state index in [9.17, 15) is 0 Å². The second-order valence-corrected chi connectivity index (χ2v) is 4.86. The van der Waals surface area contributed by atoms with Crippen molar-refractivity contribution in [2.24, 2.45) is 4.99 Å². The number of ether oxygens (including phenoxy) is 1. The Morgan fingerprint density at radius 2 is 2.14 bits per heavy atom. The Hall–Kier alpha value is -0.600. The third-order valence-corrected chi connectivity index (χ3v) is 2.98. The predicted octanol–water partition coefficient (Wildman–Crippen LogP) is 2.88. The van der Waals surface area contributed by atoms with Crippen molar-refractivity contribution in [2.45, 2.75) is 26.7 Å². The van der Waals surface area contributed by atoms with Crippen LogP contribution in [0.25, 0.3) is 0 Å². The molecule has 0 radical (unpaired) electrons. The smallest absolute Gasteiger partial charge is 0.191 e. The molecule has 0 atom stereocenters. The molecule has 1 heterocycles. The van der Waals surface area contributed by atoms with Gasteiger partial charge in [0.25, 0.3) is 0 Å². The maximum atomic E-state index is 5.76. The number of guanidine groups is 1. The van der Waals surface area contributed by atoms with E-state index in [4.69, 9.17) is 16.3 Å². The SMILES string of the molecule is CCNC(=NCCCOCC)NCCc1ccc(Cl)nc1.I. The molecule has 0 aliphatic rings. The van der Waals surface area contributed by atoms with Gasteiger partial charge >= 0.3 is 0 Å². The summed E-state index contributed by atoms with van der Waals surface area (Å²) in [5, 5.41) is 7.07. The second kappa shape index (κ2) is 14.0. The summed E-state index contributed by atoms with van der Waals surface area (Å²) < 4.78 is 5.30. The second-order valence-electron chi connectivity index (χ2n) is 4.48. The van der Waals surface area contributed by atoms with E-state index in [2.05, 4.69) is 27.5 Å². The maximum absolute atomic E-state index is 5.76. The summed E-state index contributed by atoms with van der Waals surface area (Å²) in [7, 11) is 0. The van der Waals surface area contributed by atoms with Crippen molar-refractivity contribution in [3.05, 3.63) is 29.0 Å². The van der Waals surface area contributed by atoms with Gasteiger partial charge in [0.05, 0.1) is 0 Å². The lowest BCUT2D eigenvalue weighted by Gasteiger charge is -2.11. The molecule has 1 aromatic rings. The summed E-state index contributed by atoms with van der Waals surface area (Å²) >= 11 is 5.76. The normalized spacial score (nSPS) is 11.0. The molecule has 0 saturated carbocycles. The molecule has 0 aromatic carbocycles. The van der Waals surface area contributed by atoms with Crippen LogP contribution in [-0.4, -0.2) is 43.8 Å². The lowest BCUT2D eigenvalue weighted by Crippen LogP contribution is -2.38. The highest BCUT2D eigenvalue weighted by atomic mass is 127. The molecule has 1 rings (SSSR count). The van der Waals surface area contributed by atoms with E-state index in [1.807, 2.05) is 19.1 Å². The Bertz CT molecular complexity index is 415. The summed E-state index contributed by atoms with van der Waals surface area (Å²) in [6.07, 6.45) is 3.62. The van der Waals surface area contributed by atoms with Crippen molar-refractivity contribution in [1.82, 2.24) is 15.6 Å². The van der Waals surface area contributed by atoms with Gasteiger partial charge in [-0.15, -0.1) is 24.0 Å². The van der Waals surface area contributed by atoms with Crippen molar-refractivity contribution < 1.29 is 4.74 Å². The van der Waals surface area contributed by atoms with E-state index < -0.39 is 0 Å². The molecule has 0 aliphatic heterocycles. The average molecular weight is 441 g/mol. The van der Waals surface area contributed by atoms with Gasteiger partial charge in [0.15, 0.2) is 5.96 Å². The highest BCUT2D eigenvalue weighted by Gasteiger charge is 1.98. The Kier molecular flexibility index (Phi) is 13.6. The molecule has 126 valence electrons. The molecular formula is C15H26ClIN4O. The zero-order valence-corrected chi connectivity index (χ0v) is 16.4. The molecule has 0 bridgehead atoms. The maximum Gasteiger partial charge on any atom is 0.191 e. The number of hydrogen-bond donors (Lipinski definition) is 2. The summed E-state index contributed by atoms with van der Waals surface area (Å²) in [6, 6.07) is 3.80. The van der Waals surface area contributed by atoms with E-state index in [0.717, 1.165) is 57.2 Å².